The third kappa shape index (κ3) is 4.92. The summed E-state index contributed by atoms with van der Waals surface area (Å²) in [6.45, 7) is 2.32. The lowest BCUT2D eigenvalue weighted by Crippen LogP contribution is -2.35. The van der Waals surface area contributed by atoms with Gasteiger partial charge in [-0.25, -0.2) is 0 Å². The van der Waals surface area contributed by atoms with Gasteiger partial charge in [0.2, 0.25) is 0 Å². The number of aryl methyl sites for hydroxylation is 1. The summed E-state index contributed by atoms with van der Waals surface area (Å²) >= 11 is 6.20. The second-order valence-corrected chi connectivity index (χ2v) is 10.5. The van der Waals surface area contributed by atoms with Gasteiger partial charge < -0.3 is 0 Å². The van der Waals surface area contributed by atoms with Gasteiger partial charge in [-0.1, -0.05) is 63.1 Å². The van der Waals surface area contributed by atoms with Gasteiger partial charge in [0.05, 0.1) is 0 Å². The van der Waals surface area contributed by atoms with Crippen molar-refractivity contribution in [2.24, 2.45) is 29.6 Å². The molecule has 0 amide bonds. The van der Waals surface area contributed by atoms with E-state index in [0.717, 1.165) is 34.6 Å². The van der Waals surface area contributed by atoms with Crippen LogP contribution in [0.15, 0.2) is 18.2 Å². The molecule has 4 rings (SSSR count). The van der Waals surface area contributed by atoms with Crippen molar-refractivity contribution in [1.82, 2.24) is 0 Å². The number of halogens is 1. The standard InChI is InChI=1S/C26H39Cl/c1-2-3-4-5-6-19-7-8-21-16-22(10-9-20(21)15-19)23-11-12-25-18-26(27)14-13-24(25)17-23/h13-14,18-23H,2-12,15-17H2,1H3. The molecule has 0 heterocycles. The molecule has 0 aromatic heterocycles. The lowest BCUT2D eigenvalue weighted by molar-refractivity contribution is 0.0690. The summed E-state index contributed by atoms with van der Waals surface area (Å²) in [5, 5.41) is 0.916. The molecule has 5 atom stereocenters. The molecule has 0 saturated heterocycles. The molecular formula is C26H39Cl. The zero-order valence-electron chi connectivity index (χ0n) is 17.4. The number of hydrogen-bond donors (Lipinski definition) is 0. The highest BCUT2D eigenvalue weighted by Gasteiger charge is 2.38. The maximum Gasteiger partial charge on any atom is 0.0408 e. The highest BCUT2D eigenvalue weighted by Crippen LogP contribution is 2.49. The van der Waals surface area contributed by atoms with Crippen LogP contribution in [-0.4, -0.2) is 0 Å². The van der Waals surface area contributed by atoms with E-state index in [1.54, 1.807) is 24.8 Å². The smallest absolute Gasteiger partial charge is 0.0408 e. The fraction of sp³-hybridized carbons (Fsp3) is 0.769. The minimum atomic E-state index is 0.916. The summed E-state index contributed by atoms with van der Waals surface area (Å²) in [4.78, 5) is 0. The molecule has 1 heteroatoms. The van der Waals surface area contributed by atoms with Crippen LogP contribution >= 0.6 is 11.6 Å². The van der Waals surface area contributed by atoms with Crippen LogP contribution < -0.4 is 0 Å². The average molecular weight is 387 g/mol. The number of unbranched alkanes of at least 4 members (excludes halogenated alkanes) is 3. The van der Waals surface area contributed by atoms with Crippen LogP contribution in [-0.2, 0) is 12.8 Å². The predicted octanol–water partition coefficient (Wildman–Crippen LogP) is 8.25. The minimum Gasteiger partial charge on any atom is -0.0843 e. The van der Waals surface area contributed by atoms with Gasteiger partial charge in [-0.3, -0.25) is 0 Å². The fourth-order valence-corrected chi connectivity index (χ4v) is 6.92. The van der Waals surface area contributed by atoms with Crippen LogP contribution in [0.25, 0.3) is 0 Å². The van der Waals surface area contributed by atoms with Crippen LogP contribution in [0.5, 0.6) is 0 Å². The molecular weight excluding hydrogens is 348 g/mol. The van der Waals surface area contributed by atoms with Gasteiger partial charge >= 0.3 is 0 Å². The number of benzene rings is 1. The van der Waals surface area contributed by atoms with Gasteiger partial charge in [-0.05, 0) is 104 Å². The summed E-state index contributed by atoms with van der Waals surface area (Å²) in [6.07, 6.45) is 20.5. The first-order valence-corrected chi connectivity index (χ1v) is 12.4. The first kappa shape index (κ1) is 19.8. The molecule has 2 saturated carbocycles. The summed E-state index contributed by atoms with van der Waals surface area (Å²) in [5.74, 6) is 5.12. The maximum absolute atomic E-state index is 6.20. The van der Waals surface area contributed by atoms with Gasteiger partial charge in [0.1, 0.15) is 0 Å². The van der Waals surface area contributed by atoms with E-state index in [1.807, 2.05) is 0 Å². The maximum atomic E-state index is 6.20. The number of fused-ring (bicyclic) bond motifs is 2. The van der Waals surface area contributed by atoms with Crippen LogP contribution in [0.4, 0.5) is 0 Å². The van der Waals surface area contributed by atoms with Crippen molar-refractivity contribution in [2.75, 3.05) is 0 Å². The van der Waals surface area contributed by atoms with Crippen molar-refractivity contribution in [3.63, 3.8) is 0 Å². The van der Waals surface area contributed by atoms with E-state index in [4.69, 9.17) is 11.6 Å². The second kappa shape index (κ2) is 9.34. The summed E-state index contributed by atoms with van der Waals surface area (Å²) < 4.78 is 0. The zero-order chi connectivity index (χ0) is 18.6. The molecule has 2 fully saturated rings. The first-order valence-electron chi connectivity index (χ1n) is 12.0. The van der Waals surface area contributed by atoms with Gasteiger partial charge in [-0.2, -0.15) is 0 Å². The van der Waals surface area contributed by atoms with Gasteiger partial charge in [0.15, 0.2) is 0 Å². The molecule has 0 bridgehead atoms. The Morgan fingerprint density at radius 1 is 0.815 bits per heavy atom. The first-order chi connectivity index (χ1) is 13.2. The lowest BCUT2D eigenvalue weighted by atomic mass is 9.61. The third-order valence-electron chi connectivity index (χ3n) is 8.33. The van der Waals surface area contributed by atoms with Crippen molar-refractivity contribution >= 4 is 11.6 Å². The van der Waals surface area contributed by atoms with Crippen LogP contribution in [0.3, 0.4) is 0 Å². The second-order valence-electron chi connectivity index (χ2n) is 10.0. The molecule has 0 spiro atoms. The molecule has 27 heavy (non-hydrogen) atoms. The van der Waals surface area contributed by atoms with E-state index in [2.05, 4.69) is 25.1 Å². The van der Waals surface area contributed by atoms with Crippen LogP contribution in [0.2, 0.25) is 5.02 Å². The highest BCUT2D eigenvalue weighted by molar-refractivity contribution is 6.30. The predicted molar refractivity (Wildman–Crippen MR) is 117 cm³/mol. The molecule has 0 aliphatic heterocycles. The van der Waals surface area contributed by atoms with Crippen molar-refractivity contribution < 1.29 is 0 Å². The Labute approximate surface area is 172 Å². The Hall–Kier alpha value is -0.490. The van der Waals surface area contributed by atoms with E-state index < -0.39 is 0 Å². The Morgan fingerprint density at radius 3 is 2.44 bits per heavy atom. The average Bonchev–Trinajstić information content (AvgIpc) is 2.70. The molecule has 5 unspecified atom stereocenters. The number of hydrogen-bond acceptors (Lipinski definition) is 0. The van der Waals surface area contributed by atoms with E-state index >= 15 is 0 Å². The Balaban J connectivity index is 1.27. The van der Waals surface area contributed by atoms with Crippen LogP contribution in [0, 0.1) is 29.6 Å². The molecule has 1 aromatic carbocycles. The van der Waals surface area contributed by atoms with Crippen LogP contribution in [0.1, 0.15) is 95.1 Å². The molecule has 0 N–H and O–H groups in total. The molecule has 3 aliphatic carbocycles. The topological polar surface area (TPSA) is 0 Å². The fourth-order valence-electron chi connectivity index (χ4n) is 6.73. The Bertz CT molecular complexity index is 606. The summed E-state index contributed by atoms with van der Waals surface area (Å²) in [5.41, 5.74) is 3.12. The molecule has 0 nitrogen and oxygen atoms in total. The largest absolute Gasteiger partial charge is 0.0843 e. The number of rotatable bonds is 6. The monoisotopic (exact) mass is 386 g/mol. The summed E-state index contributed by atoms with van der Waals surface area (Å²) in [6, 6.07) is 6.62. The van der Waals surface area contributed by atoms with E-state index in [1.165, 1.54) is 76.2 Å². The third-order valence-corrected chi connectivity index (χ3v) is 8.56. The van der Waals surface area contributed by atoms with Crippen molar-refractivity contribution in [2.45, 2.75) is 96.8 Å². The van der Waals surface area contributed by atoms with Gasteiger partial charge in [0, 0.05) is 5.02 Å². The summed E-state index contributed by atoms with van der Waals surface area (Å²) in [7, 11) is 0. The molecule has 3 aliphatic rings. The quantitative estimate of drug-likeness (QED) is 0.431. The van der Waals surface area contributed by atoms with Gasteiger partial charge in [0.25, 0.3) is 0 Å². The van der Waals surface area contributed by atoms with E-state index in [-0.39, 0.29) is 0 Å². The SMILES string of the molecule is CCCCCCC1CCC2CC(C3CCc4cc(Cl)ccc4C3)CCC2C1. The molecule has 150 valence electrons. The lowest BCUT2D eigenvalue weighted by Gasteiger charge is -2.45. The normalized spacial score (nSPS) is 33.3. The highest BCUT2D eigenvalue weighted by atomic mass is 35.5. The molecule has 0 radical (unpaired) electrons. The minimum absolute atomic E-state index is 0.916. The van der Waals surface area contributed by atoms with E-state index in [9.17, 15) is 0 Å². The van der Waals surface area contributed by atoms with Crippen molar-refractivity contribution in [3.05, 3.63) is 34.3 Å². The zero-order valence-corrected chi connectivity index (χ0v) is 18.2. The van der Waals surface area contributed by atoms with Crippen molar-refractivity contribution in [3.8, 4) is 0 Å². The Kier molecular flexibility index (Phi) is 6.85. The Morgan fingerprint density at radius 2 is 1.59 bits per heavy atom. The molecule has 1 aromatic rings. The van der Waals surface area contributed by atoms with Gasteiger partial charge in [-0.15, -0.1) is 0 Å². The van der Waals surface area contributed by atoms with E-state index in [0.29, 0.717) is 0 Å². The van der Waals surface area contributed by atoms with Crippen molar-refractivity contribution in [1.29, 1.82) is 0 Å².